The van der Waals surface area contributed by atoms with E-state index in [-0.39, 0.29) is 17.8 Å². The summed E-state index contributed by atoms with van der Waals surface area (Å²) in [5.41, 5.74) is 1.77. The number of piperazine rings is 1. The zero-order chi connectivity index (χ0) is 17.4. The normalized spacial score (nSPS) is 18.9. The van der Waals surface area contributed by atoms with Gasteiger partial charge in [0, 0.05) is 19.3 Å². The van der Waals surface area contributed by atoms with Gasteiger partial charge in [-0.05, 0) is 43.3 Å². The molecular formula is C19H19FN4O. The first-order valence-corrected chi connectivity index (χ1v) is 8.31. The molecule has 1 unspecified atom stereocenters. The number of rotatable bonds is 3. The van der Waals surface area contributed by atoms with Gasteiger partial charge in [-0.25, -0.2) is 9.37 Å². The highest BCUT2D eigenvalue weighted by Crippen LogP contribution is 2.21. The molecule has 3 heterocycles. The second-order valence-electron chi connectivity index (χ2n) is 6.38. The molecule has 0 aliphatic carbocycles. The fraction of sp³-hybridized carbons (Fsp3) is 0.263. The molecular weight excluding hydrogens is 319 g/mol. The van der Waals surface area contributed by atoms with Gasteiger partial charge >= 0.3 is 0 Å². The maximum absolute atomic E-state index is 13.1. The Morgan fingerprint density at radius 2 is 1.96 bits per heavy atom. The van der Waals surface area contributed by atoms with Gasteiger partial charge in [-0.15, -0.1) is 0 Å². The summed E-state index contributed by atoms with van der Waals surface area (Å²) in [6, 6.07) is 11.8. The Morgan fingerprint density at radius 1 is 1.16 bits per heavy atom. The van der Waals surface area contributed by atoms with Gasteiger partial charge in [0.1, 0.15) is 11.5 Å². The van der Waals surface area contributed by atoms with Crippen molar-refractivity contribution in [2.45, 2.75) is 12.5 Å². The number of pyridine rings is 1. The molecule has 25 heavy (non-hydrogen) atoms. The SMILES string of the molecule is CN1CCN(c2cn3ccccc3n2)C(=O)C1Cc1ccc(F)cc1. The minimum absolute atomic E-state index is 0.0291. The van der Waals surface area contributed by atoms with Crippen LogP contribution in [0, 0.1) is 5.82 Å². The Morgan fingerprint density at radius 3 is 2.72 bits per heavy atom. The van der Waals surface area contributed by atoms with Gasteiger partial charge < -0.3 is 4.40 Å². The number of halogens is 1. The van der Waals surface area contributed by atoms with E-state index >= 15 is 0 Å². The molecule has 6 heteroatoms. The van der Waals surface area contributed by atoms with E-state index in [1.54, 1.807) is 17.0 Å². The summed E-state index contributed by atoms with van der Waals surface area (Å²) in [5.74, 6) is 0.438. The molecule has 1 aliphatic heterocycles. The van der Waals surface area contributed by atoms with Crippen LogP contribution in [-0.4, -0.2) is 46.4 Å². The zero-order valence-electron chi connectivity index (χ0n) is 14.0. The van der Waals surface area contributed by atoms with Crippen LogP contribution >= 0.6 is 0 Å². The fourth-order valence-corrected chi connectivity index (χ4v) is 3.26. The average Bonchev–Trinajstić information content (AvgIpc) is 3.04. The van der Waals surface area contributed by atoms with Crippen LogP contribution < -0.4 is 4.90 Å². The lowest BCUT2D eigenvalue weighted by Gasteiger charge is -2.37. The van der Waals surface area contributed by atoms with Crippen LogP contribution in [-0.2, 0) is 11.2 Å². The van der Waals surface area contributed by atoms with E-state index in [0.29, 0.717) is 18.8 Å². The van der Waals surface area contributed by atoms with Crippen LogP contribution in [0.2, 0.25) is 0 Å². The molecule has 1 aromatic carbocycles. The van der Waals surface area contributed by atoms with Gasteiger partial charge in [0.05, 0.1) is 12.2 Å². The maximum Gasteiger partial charge on any atom is 0.245 e. The van der Waals surface area contributed by atoms with Crippen LogP contribution in [0.1, 0.15) is 5.56 Å². The van der Waals surface area contributed by atoms with E-state index in [4.69, 9.17) is 0 Å². The number of amides is 1. The first kappa shape index (κ1) is 15.8. The van der Waals surface area contributed by atoms with Crippen molar-refractivity contribution in [1.29, 1.82) is 0 Å². The topological polar surface area (TPSA) is 40.9 Å². The highest BCUT2D eigenvalue weighted by Gasteiger charge is 2.34. The smallest absolute Gasteiger partial charge is 0.245 e. The maximum atomic E-state index is 13.1. The number of imidazole rings is 1. The number of nitrogens with zero attached hydrogens (tertiary/aromatic N) is 4. The van der Waals surface area contributed by atoms with Crippen LogP contribution in [0.4, 0.5) is 10.2 Å². The molecule has 4 rings (SSSR count). The molecule has 3 aromatic rings. The van der Waals surface area contributed by atoms with Crippen molar-refractivity contribution in [2.75, 3.05) is 25.0 Å². The predicted molar refractivity (Wildman–Crippen MR) is 94.1 cm³/mol. The van der Waals surface area contributed by atoms with Crippen molar-refractivity contribution in [1.82, 2.24) is 14.3 Å². The van der Waals surface area contributed by atoms with E-state index in [2.05, 4.69) is 9.88 Å². The van der Waals surface area contributed by atoms with Crippen LogP contribution in [0.15, 0.2) is 54.9 Å². The molecule has 128 valence electrons. The van der Waals surface area contributed by atoms with Gasteiger partial charge in [0.15, 0.2) is 5.82 Å². The number of likely N-dealkylation sites (N-methyl/N-ethyl adjacent to an activating group) is 1. The summed E-state index contributed by atoms with van der Waals surface area (Å²) in [6.45, 7) is 1.38. The monoisotopic (exact) mass is 338 g/mol. The summed E-state index contributed by atoms with van der Waals surface area (Å²) < 4.78 is 15.0. The summed E-state index contributed by atoms with van der Waals surface area (Å²) in [6.07, 6.45) is 4.36. The van der Waals surface area contributed by atoms with Gasteiger partial charge in [0.2, 0.25) is 5.91 Å². The summed E-state index contributed by atoms with van der Waals surface area (Å²) >= 11 is 0. The number of carbonyl (C=O) groups excluding carboxylic acids is 1. The summed E-state index contributed by atoms with van der Waals surface area (Å²) in [4.78, 5) is 21.4. The second-order valence-corrected chi connectivity index (χ2v) is 6.38. The van der Waals surface area contributed by atoms with Gasteiger partial charge in [0.25, 0.3) is 0 Å². The highest BCUT2D eigenvalue weighted by atomic mass is 19.1. The van der Waals surface area contributed by atoms with Gasteiger partial charge in [-0.2, -0.15) is 0 Å². The molecule has 1 amide bonds. The van der Waals surface area contributed by atoms with Crippen molar-refractivity contribution in [3.8, 4) is 0 Å². The molecule has 5 nitrogen and oxygen atoms in total. The number of hydrogen-bond donors (Lipinski definition) is 0. The van der Waals surface area contributed by atoms with Crippen molar-refractivity contribution < 1.29 is 9.18 Å². The number of hydrogen-bond acceptors (Lipinski definition) is 3. The number of benzene rings is 1. The lowest BCUT2D eigenvalue weighted by atomic mass is 10.0. The molecule has 0 bridgehead atoms. The van der Waals surface area contributed by atoms with Crippen molar-refractivity contribution in [3.63, 3.8) is 0 Å². The molecule has 1 fully saturated rings. The Kier molecular flexibility index (Phi) is 3.97. The summed E-state index contributed by atoms with van der Waals surface area (Å²) in [7, 11) is 1.95. The molecule has 0 spiro atoms. The Labute approximate surface area is 145 Å². The van der Waals surface area contributed by atoms with E-state index in [1.165, 1.54) is 12.1 Å². The van der Waals surface area contributed by atoms with Crippen LogP contribution in [0.3, 0.4) is 0 Å². The number of anilines is 1. The molecule has 1 atom stereocenters. The minimum Gasteiger partial charge on any atom is -0.305 e. The molecule has 0 N–H and O–H groups in total. The third-order valence-corrected chi connectivity index (χ3v) is 4.73. The largest absolute Gasteiger partial charge is 0.305 e. The average molecular weight is 338 g/mol. The van der Waals surface area contributed by atoms with Gasteiger partial charge in [-0.3, -0.25) is 14.6 Å². The van der Waals surface area contributed by atoms with Crippen LogP contribution in [0.5, 0.6) is 0 Å². The van der Waals surface area contributed by atoms with E-state index in [9.17, 15) is 9.18 Å². The van der Waals surface area contributed by atoms with Crippen molar-refractivity contribution in [3.05, 3.63) is 66.2 Å². The standard InChI is InChI=1S/C19H19FN4O/c1-22-10-11-24(18-13-23-9-3-2-4-17(23)21-18)19(25)16(22)12-14-5-7-15(20)8-6-14/h2-9,13,16H,10-12H2,1H3. The van der Waals surface area contributed by atoms with Gasteiger partial charge in [-0.1, -0.05) is 18.2 Å². The third-order valence-electron chi connectivity index (χ3n) is 4.73. The van der Waals surface area contributed by atoms with Crippen molar-refractivity contribution in [2.24, 2.45) is 0 Å². The summed E-state index contributed by atoms with van der Waals surface area (Å²) in [5, 5.41) is 0. The first-order chi connectivity index (χ1) is 12.1. The Hall–Kier alpha value is -2.73. The van der Waals surface area contributed by atoms with Crippen LogP contribution in [0.25, 0.3) is 5.65 Å². The highest BCUT2D eigenvalue weighted by molar-refractivity contribution is 5.97. The Bertz CT molecular complexity index is 872. The molecule has 1 saturated heterocycles. The number of aromatic nitrogens is 2. The van der Waals surface area contributed by atoms with E-state index < -0.39 is 0 Å². The molecule has 0 saturated carbocycles. The van der Waals surface area contributed by atoms with E-state index in [0.717, 1.165) is 17.8 Å². The fourth-order valence-electron chi connectivity index (χ4n) is 3.26. The predicted octanol–water partition coefficient (Wildman–Crippen LogP) is 2.36. The number of fused-ring (bicyclic) bond motifs is 1. The molecule has 0 radical (unpaired) electrons. The van der Waals surface area contributed by atoms with Crippen molar-refractivity contribution >= 4 is 17.4 Å². The lowest BCUT2D eigenvalue weighted by Crippen LogP contribution is -2.56. The third kappa shape index (κ3) is 3.00. The lowest BCUT2D eigenvalue weighted by molar-refractivity contribution is -0.125. The quantitative estimate of drug-likeness (QED) is 0.736. The number of carbonyl (C=O) groups is 1. The minimum atomic E-state index is -0.274. The zero-order valence-corrected chi connectivity index (χ0v) is 14.0. The Balaban J connectivity index is 1.60. The molecule has 1 aliphatic rings. The first-order valence-electron chi connectivity index (χ1n) is 8.31. The second kappa shape index (κ2) is 6.29. The van der Waals surface area contributed by atoms with E-state index in [1.807, 2.05) is 42.0 Å². The molecule has 2 aromatic heterocycles.